The van der Waals surface area contributed by atoms with Crippen LogP contribution in [0.25, 0.3) is 0 Å². The zero-order valence-electron chi connectivity index (χ0n) is 9.15. The fourth-order valence-corrected chi connectivity index (χ4v) is 2.72. The van der Waals surface area contributed by atoms with Crippen molar-refractivity contribution in [1.82, 2.24) is 9.55 Å². The van der Waals surface area contributed by atoms with Crippen LogP contribution >= 0.6 is 0 Å². The maximum Gasteiger partial charge on any atom is 0.127 e. The van der Waals surface area contributed by atoms with E-state index in [1.54, 1.807) is 0 Å². The molecule has 0 amide bonds. The Bertz CT molecular complexity index is 346. The topological polar surface area (TPSA) is 43.8 Å². The predicted octanol–water partition coefficient (Wildman–Crippen LogP) is 2.85. The van der Waals surface area contributed by atoms with Crippen LogP contribution in [-0.4, -0.2) is 9.55 Å². The highest BCUT2D eigenvalue weighted by molar-refractivity contribution is 5.39. The molecule has 15 heavy (non-hydrogen) atoms. The fourth-order valence-electron chi connectivity index (χ4n) is 2.72. The largest absolute Gasteiger partial charge is 0.384 e. The van der Waals surface area contributed by atoms with Gasteiger partial charge in [-0.15, -0.1) is 0 Å². The van der Waals surface area contributed by atoms with Crippen LogP contribution in [0.15, 0.2) is 6.33 Å². The van der Waals surface area contributed by atoms with Gasteiger partial charge in [-0.3, -0.25) is 0 Å². The van der Waals surface area contributed by atoms with Crippen LogP contribution in [0.5, 0.6) is 0 Å². The van der Waals surface area contributed by atoms with Gasteiger partial charge in [-0.05, 0) is 25.7 Å². The van der Waals surface area contributed by atoms with E-state index in [0.717, 1.165) is 5.82 Å². The van der Waals surface area contributed by atoms with Crippen molar-refractivity contribution in [3.63, 3.8) is 0 Å². The van der Waals surface area contributed by atoms with Gasteiger partial charge in [-0.1, -0.05) is 19.3 Å². The molecule has 0 spiro atoms. The summed E-state index contributed by atoms with van der Waals surface area (Å²) in [4.78, 5) is 4.54. The first-order chi connectivity index (χ1) is 7.36. The Balaban J connectivity index is 1.83. The van der Waals surface area contributed by atoms with E-state index < -0.39 is 0 Å². The van der Waals surface area contributed by atoms with E-state index in [4.69, 9.17) is 5.73 Å². The van der Waals surface area contributed by atoms with Crippen LogP contribution in [0.3, 0.4) is 0 Å². The SMILES string of the molecule is Nc1c(C2CCCCC2)ncn1C1CC1. The van der Waals surface area contributed by atoms with Crippen molar-refractivity contribution in [2.24, 2.45) is 0 Å². The van der Waals surface area contributed by atoms with Gasteiger partial charge in [0, 0.05) is 12.0 Å². The number of nitrogens with zero attached hydrogens (tertiary/aromatic N) is 2. The van der Waals surface area contributed by atoms with Gasteiger partial charge >= 0.3 is 0 Å². The molecule has 3 nitrogen and oxygen atoms in total. The second-order valence-corrected chi connectivity index (χ2v) is 4.99. The molecule has 0 aromatic carbocycles. The first-order valence-electron chi connectivity index (χ1n) is 6.18. The molecule has 0 bridgehead atoms. The van der Waals surface area contributed by atoms with Gasteiger partial charge in [0.1, 0.15) is 5.82 Å². The third-order valence-electron chi connectivity index (χ3n) is 3.79. The molecule has 2 N–H and O–H groups in total. The number of hydrogen-bond donors (Lipinski definition) is 1. The van der Waals surface area contributed by atoms with Crippen LogP contribution < -0.4 is 5.73 Å². The Morgan fingerprint density at radius 1 is 1.13 bits per heavy atom. The van der Waals surface area contributed by atoms with E-state index in [0.29, 0.717) is 12.0 Å². The summed E-state index contributed by atoms with van der Waals surface area (Å²) in [5.74, 6) is 1.59. The summed E-state index contributed by atoms with van der Waals surface area (Å²) in [6.45, 7) is 0. The fraction of sp³-hybridized carbons (Fsp3) is 0.750. The van der Waals surface area contributed by atoms with Gasteiger partial charge in [-0.2, -0.15) is 0 Å². The first kappa shape index (κ1) is 9.25. The number of anilines is 1. The molecule has 0 aliphatic heterocycles. The van der Waals surface area contributed by atoms with Crippen molar-refractivity contribution < 1.29 is 0 Å². The highest BCUT2D eigenvalue weighted by Gasteiger charge is 2.28. The number of rotatable bonds is 2. The minimum atomic E-state index is 0.638. The third kappa shape index (κ3) is 1.64. The maximum atomic E-state index is 6.18. The summed E-state index contributed by atoms with van der Waals surface area (Å²) in [5.41, 5.74) is 7.36. The van der Waals surface area contributed by atoms with Crippen LogP contribution in [0.1, 0.15) is 62.6 Å². The molecule has 3 rings (SSSR count). The normalized spacial score (nSPS) is 23.2. The van der Waals surface area contributed by atoms with Gasteiger partial charge in [0.2, 0.25) is 0 Å². The molecule has 1 aromatic heterocycles. The van der Waals surface area contributed by atoms with Gasteiger partial charge < -0.3 is 10.3 Å². The Hall–Kier alpha value is -0.990. The van der Waals surface area contributed by atoms with Gasteiger partial charge in [-0.25, -0.2) is 4.98 Å². The summed E-state index contributed by atoms with van der Waals surface area (Å²) in [6, 6.07) is 0.662. The molecular weight excluding hydrogens is 186 g/mol. The second-order valence-electron chi connectivity index (χ2n) is 4.99. The van der Waals surface area contributed by atoms with Crippen molar-refractivity contribution in [3.05, 3.63) is 12.0 Å². The molecular formula is C12H19N3. The maximum absolute atomic E-state index is 6.18. The highest BCUT2D eigenvalue weighted by Crippen LogP contribution is 2.40. The van der Waals surface area contributed by atoms with Crippen molar-refractivity contribution in [3.8, 4) is 0 Å². The Kier molecular flexibility index (Phi) is 2.19. The number of hydrogen-bond acceptors (Lipinski definition) is 2. The number of nitrogens with two attached hydrogens (primary N) is 1. The molecule has 1 heterocycles. The zero-order valence-corrected chi connectivity index (χ0v) is 9.15. The lowest BCUT2D eigenvalue weighted by Gasteiger charge is -2.20. The molecule has 2 aliphatic rings. The summed E-state index contributed by atoms with van der Waals surface area (Å²) in [5, 5.41) is 0. The van der Waals surface area contributed by atoms with Gasteiger partial charge in [0.25, 0.3) is 0 Å². The predicted molar refractivity (Wildman–Crippen MR) is 60.7 cm³/mol. The van der Waals surface area contributed by atoms with Crippen molar-refractivity contribution in [2.75, 3.05) is 5.73 Å². The molecule has 3 heteroatoms. The van der Waals surface area contributed by atoms with Crippen molar-refractivity contribution in [1.29, 1.82) is 0 Å². The highest BCUT2D eigenvalue weighted by atomic mass is 15.2. The van der Waals surface area contributed by atoms with E-state index in [2.05, 4.69) is 9.55 Å². The summed E-state index contributed by atoms with van der Waals surface area (Å²) in [7, 11) is 0. The van der Waals surface area contributed by atoms with Crippen molar-refractivity contribution in [2.45, 2.75) is 56.9 Å². The second kappa shape index (κ2) is 3.54. The molecule has 0 saturated heterocycles. The Morgan fingerprint density at radius 2 is 1.87 bits per heavy atom. The van der Waals surface area contributed by atoms with E-state index >= 15 is 0 Å². The van der Waals surface area contributed by atoms with E-state index in [1.165, 1.54) is 50.6 Å². The van der Waals surface area contributed by atoms with Gasteiger partial charge in [0.05, 0.1) is 12.0 Å². The van der Waals surface area contributed by atoms with Crippen LogP contribution in [-0.2, 0) is 0 Å². The lowest BCUT2D eigenvalue weighted by atomic mass is 9.87. The van der Waals surface area contributed by atoms with Crippen molar-refractivity contribution >= 4 is 5.82 Å². The smallest absolute Gasteiger partial charge is 0.127 e. The lowest BCUT2D eigenvalue weighted by Crippen LogP contribution is -2.08. The quantitative estimate of drug-likeness (QED) is 0.806. The number of nitrogen functional groups attached to an aromatic ring is 1. The monoisotopic (exact) mass is 205 g/mol. The lowest BCUT2D eigenvalue weighted by molar-refractivity contribution is 0.438. The minimum Gasteiger partial charge on any atom is -0.384 e. The molecule has 2 fully saturated rings. The molecule has 2 aliphatic carbocycles. The molecule has 0 unspecified atom stereocenters. The van der Waals surface area contributed by atoms with E-state index in [1.807, 2.05) is 6.33 Å². The average molecular weight is 205 g/mol. The van der Waals surface area contributed by atoms with E-state index in [9.17, 15) is 0 Å². The molecule has 0 radical (unpaired) electrons. The molecule has 2 saturated carbocycles. The molecule has 0 atom stereocenters. The number of imidazole rings is 1. The summed E-state index contributed by atoms with van der Waals surface area (Å²) < 4.78 is 2.18. The van der Waals surface area contributed by atoms with Gasteiger partial charge in [0.15, 0.2) is 0 Å². The number of aromatic nitrogens is 2. The first-order valence-corrected chi connectivity index (χ1v) is 6.18. The zero-order chi connectivity index (χ0) is 10.3. The molecule has 1 aromatic rings. The van der Waals surface area contributed by atoms with Crippen LogP contribution in [0.4, 0.5) is 5.82 Å². The van der Waals surface area contributed by atoms with E-state index in [-0.39, 0.29) is 0 Å². The van der Waals surface area contributed by atoms with Crippen LogP contribution in [0.2, 0.25) is 0 Å². The molecule has 82 valence electrons. The minimum absolute atomic E-state index is 0.638. The average Bonchev–Trinajstić information content (AvgIpc) is 3.04. The Morgan fingerprint density at radius 3 is 2.53 bits per heavy atom. The Labute approximate surface area is 90.7 Å². The standard InChI is InChI=1S/C12H19N3/c13-12-11(9-4-2-1-3-5-9)14-8-15(12)10-6-7-10/h8-10H,1-7,13H2. The third-order valence-corrected chi connectivity index (χ3v) is 3.79. The summed E-state index contributed by atoms with van der Waals surface area (Å²) in [6.07, 6.45) is 11.2. The van der Waals surface area contributed by atoms with Crippen LogP contribution in [0, 0.1) is 0 Å². The summed E-state index contributed by atoms with van der Waals surface area (Å²) >= 11 is 0.